The van der Waals surface area contributed by atoms with E-state index in [1.807, 2.05) is 18.2 Å². The summed E-state index contributed by atoms with van der Waals surface area (Å²) in [6.07, 6.45) is 15.6. The molecule has 1 heterocycles. The molecule has 1 aliphatic heterocycles. The Balaban J connectivity index is 0.00000588. The summed E-state index contributed by atoms with van der Waals surface area (Å²) in [6.45, 7) is 5.71. The number of nitrogens with one attached hydrogen (secondary N) is 1. The summed E-state index contributed by atoms with van der Waals surface area (Å²) in [4.78, 5) is 14.9. The number of ether oxygens (including phenoxy) is 2. The first-order valence-electron chi connectivity index (χ1n) is 15.0. The minimum Gasteiger partial charge on any atom is -0.490 e. The maximum Gasteiger partial charge on any atom is 0.262 e. The fourth-order valence-corrected chi connectivity index (χ4v) is 5.84. The van der Waals surface area contributed by atoms with E-state index in [0.29, 0.717) is 23.1 Å². The number of hydrogen-bond acceptors (Lipinski definition) is 5. The molecule has 0 bridgehead atoms. The van der Waals surface area contributed by atoms with Gasteiger partial charge in [-0.2, -0.15) is 0 Å². The van der Waals surface area contributed by atoms with Crippen LogP contribution in [0.2, 0.25) is 5.02 Å². The minimum atomic E-state index is -0.216. The molecule has 0 saturated carbocycles. The summed E-state index contributed by atoms with van der Waals surface area (Å²) in [5, 5.41) is 5.71. The summed E-state index contributed by atoms with van der Waals surface area (Å²) in [5.74, 6) is 1.85. The highest BCUT2D eigenvalue weighted by Gasteiger charge is 2.13. The number of nitrogens with zero attached hydrogens (tertiary/aromatic N) is 1. The van der Waals surface area contributed by atoms with Crippen molar-refractivity contribution in [3.8, 4) is 11.5 Å². The van der Waals surface area contributed by atoms with E-state index in [1.165, 1.54) is 69.9 Å². The van der Waals surface area contributed by atoms with Crippen LogP contribution in [-0.2, 0) is 11.3 Å². The summed E-state index contributed by atoms with van der Waals surface area (Å²) in [6, 6.07) is 13.2. The van der Waals surface area contributed by atoms with Gasteiger partial charge >= 0.3 is 0 Å². The van der Waals surface area contributed by atoms with E-state index in [0.717, 1.165) is 36.5 Å². The van der Waals surface area contributed by atoms with Crippen molar-refractivity contribution in [2.24, 2.45) is 0 Å². The Labute approximate surface area is 267 Å². The van der Waals surface area contributed by atoms with Gasteiger partial charge in [0.25, 0.3) is 5.91 Å². The van der Waals surface area contributed by atoms with Gasteiger partial charge in [-0.25, -0.2) is 0 Å². The lowest BCUT2D eigenvalue weighted by molar-refractivity contribution is -0.118. The molecule has 1 N–H and O–H groups in total. The third-order valence-electron chi connectivity index (χ3n) is 7.09. The van der Waals surface area contributed by atoms with E-state index >= 15 is 0 Å². The summed E-state index contributed by atoms with van der Waals surface area (Å²) in [7, 11) is 0. The molecule has 2 aromatic carbocycles. The Hall–Kier alpha value is -1.83. The summed E-state index contributed by atoms with van der Waals surface area (Å²) in [5.41, 5.74) is 3.19. The zero-order valence-electron chi connectivity index (χ0n) is 24.8. The average Bonchev–Trinajstić information content (AvgIpc) is 3.34. The van der Waals surface area contributed by atoms with Crippen LogP contribution in [0, 0.1) is 0 Å². The van der Waals surface area contributed by atoms with E-state index in [4.69, 9.17) is 21.1 Å². The van der Waals surface area contributed by atoms with Crippen molar-refractivity contribution in [2.75, 3.05) is 24.4 Å². The SMILES string of the molecule is Br.CCCCCCCCCCCCCCOc1cc(Cl)ccc1OCC(=O)Nc1cccc(CN2CSC=C2C)c1. The van der Waals surface area contributed by atoms with Crippen molar-refractivity contribution < 1.29 is 14.3 Å². The second-order valence-electron chi connectivity index (χ2n) is 10.6. The highest BCUT2D eigenvalue weighted by molar-refractivity contribution is 8.93. The molecule has 0 aliphatic carbocycles. The number of thioether (sulfide) groups is 1. The van der Waals surface area contributed by atoms with Gasteiger partial charge in [0, 0.05) is 29.0 Å². The lowest BCUT2D eigenvalue weighted by Crippen LogP contribution is -2.21. The third kappa shape index (κ3) is 14.3. The molecule has 1 aliphatic rings. The Kier molecular flexibility index (Phi) is 18.1. The molecule has 0 saturated heterocycles. The highest BCUT2D eigenvalue weighted by Crippen LogP contribution is 2.31. The number of unbranched alkanes of at least 4 members (excludes halogenated alkanes) is 11. The zero-order valence-corrected chi connectivity index (χ0v) is 28.1. The van der Waals surface area contributed by atoms with Gasteiger partial charge < -0.3 is 19.7 Å². The number of carbonyl (C=O) groups is 1. The monoisotopic (exact) mass is 666 g/mol. The van der Waals surface area contributed by atoms with E-state index in [1.54, 1.807) is 30.0 Å². The Morgan fingerprint density at radius 3 is 2.24 bits per heavy atom. The molecule has 0 radical (unpaired) electrons. The van der Waals surface area contributed by atoms with Gasteiger partial charge in [0.05, 0.1) is 12.5 Å². The van der Waals surface area contributed by atoms with Crippen molar-refractivity contribution in [3.63, 3.8) is 0 Å². The molecule has 41 heavy (non-hydrogen) atoms. The normalized spacial score (nSPS) is 12.6. The first-order chi connectivity index (χ1) is 19.5. The predicted molar refractivity (Wildman–Crippen MR) is 181 cm³/mol. The molecule has 5 nitrogen and oxygen atoms in total. The number of amides is 1. The van der Waals surface area contributed by atoms with Crippen LogP contribution in [0.25, 0.3) is 0 Å². The predicted octanol–water partition coefficient (Wildman–Crippen LogP) is 10.4. The number of hydrogen-bond donors (Lipinski definition) is 1. The lowest BCUT2D eigenvalue weighted by atomic mass is 10.1. The third-order valence-corrected chi connectivity index (χ3v) is 8.29. The minimum absolute atomic E-state index is 0. The van der Waals surface area contributed by atoms with E-state index in [2.05, 4.69) is 35.5 Å². The second-order valence-corrected chi connectivity index (χ2v) is 11.9. The number of carbonyl (C=O) groups excluding carboxylic acids is 1. The lowest BCUT2D eigenvalue weighted by Gasteiger charge is -2.19. The van der Waals surface area contributed by atoms with Crippen LogP contribution >= 0.6 is 40.3 Å². The number of anilines is 1. The van der Waals surface area contributed by atoms with Gasteiger partial charge in [-0.3, -0.25) is 4.79 Å². The molecular formula is C33H48BrClN2O3S. The molecular weight excluding hydrogens is 620 g/mol. The van der Waals surface area contributed by atoms with E-state index in [-0.39, 0.29) is 29.5 Å². The van der Waals surface area contributed by atoms with Gasteiger partial charge in [0.1, 0.15) is 0 Å². The number of rotatable bonds is 20. The first-order valence-corrected chi connectivity index (χ1v) is 16.4. The van der Waals surface area contributed by atoms with Crippen LogP contribution in [-0.4, -0.2) is 29.9 Å². The van der Waals surface area contributed by atoms with Crippen LogP contribution in [0.1, 0.15) is 96.5 Å². The molecule has 0 spiro atoms. The fraction of sp³-hybridized carbons (Fsp3) is 0.545. The maximum absolute atomic E-state index is 12.6. The van der Waals surface area contributed by atoms with E-state index < -0.39 is 0 Å². The van der Waals surface area contributed by atoms with Crippen molar-refractivity contribution >= 4 is 51.9 Å². The van der Waals surface area contributed by atoms with Crippen LogP contribution in [0.3, 0.4) is 0 Å². The van der Waals surface area contributed by atoms with E-state index in [9.17, 15) is 4.79 Å². The molecule has 1 amide bonds. The van der Waals surface area contributed by atoms with Crippen molar-refractivity contribution in [3.05, 3.63) is 64.2 Å². The van der Waals surface area contributed by atoms with Gasteiger partial charge in [-0.05, 0) is 48.6 Å². The molecule has 8 heteroatoms. The van der Waals surface area contributed by atoms with Gasteiger partial charge in [0.2, 0.25) is 0 Å². The van der Waals surface area contributed by atoms with Crippen LogP contribution in [0.4, 0.5) is 5.69 Å². The largest absolute Gasteiger partial charge is 0.490 e. The average molecular weight is 668 g/mol. The number of halogens is 2. The Bertz CT molecular complexity index is 1070. The fourth-order valence-electron chi connectivity index (χ4n) is 4.74. The number of benzene rings is 2. The molecule has 0 aromatic heterocycles. The van der Waals surface area contributed by atoms with Crippen molar-refractivity contribution in [1.82, 2.24) is 4.90 Å². The Morgan fingerprint density at radius 1 is 0.902 bits per heavy atom. The maximum atomic E-state index is 12.6. The van der Waals surface area contributed by atoms with Crippen LogP contribution in [0.15, 0.2) is 53.6 Å². The zero-order chi connectivity index (χ0) is 28.4. The smallest absolute Gasteiger partial charge is 0.262 e. The van der Waals surface area contributed by atoms with Gasteiger partial charge in [-0.15, -0.1) is 28.7 Å². The molecule has 0 atom stereocenters. The summed E-state index contributed by atoms with van der Waals surface area (Å²) >= 11 is 8.01. The standard InChI is InChI=1S/C33H47ClN2O3S.BrH/c1-3-4-5-6-7-8-9-10-11-12-13-14-20-38-32-22-29(34)18-19-31(32)39-24-33(37)35-30-17-15-16-28(21-30)23-36-26-40-25-27(36)2;/h15-19,21-22,25H,3-14,20,23-24,26H2,1-2H3,(H,35,37);1H. The van der Waals surface area contributed by atoms with Gasteiger partial charge in [0.15, 0.2) is 18.1 Å². The molecule has 0 fully saturated rings. The quantitative estimate of drug-likeness (QED) is 0.142. The molecule has 2 aromatic rings. The highest BCUT2D eigenvalue weighted by atomic mass is 79.9. The van der Waals surface area contributed by atoms with Crippen LogP contribution < -0.4 is 14.8 Å². The first kappa shape index (κ1) is 35.4. The van der Waals surface area contributed by atoms with Crippen molar-refractivity contribution in [1.29, 1.82) is 0 Å². The molecule has 228 valence electrons. The van der Waals surface area contributed by atoms with Gasteiger partial charge in [-0.1, -0.05) is 101 Å². The molecule has 0 unspecified atom stereocenters. The van der Waals surface area contributed by atoms with Crippen LogP contribution in [0.5, 0.6) is 11.5 Å². The topological polar surface area (TPSA) is 50.8 Å². The second kappa shape index (κ2) is 21.0. The van der Waals surface area contributed by atoms with Crippen molar-refractivity contribution in [2.45, 2.75) is 97.4 Å². The molecule has 3 rings (SSSR count). The Morgan fingerprint density at radius 2 is 1.59 bits per heavy atom. The number of allylic oxidation sites excluding steroid dienone is 1. The summed E-state index contributed by atoms with van der Waals surface area (Å²) < 4.78 is 11.8.